The van der Waals surface area contributed by atoms with E-state index in [1.54, 1.807) is 6.07 Å². The standard InChI is InChI=1S/C23H19F6NO3/c1-2-11-5-6-15(9-16(11)18-19(31)12-3-4-13(7-12)20(18)32)33-21-17(23(27,28)29)8-14(10-30-21)22(24,25)26/h5-6,8-10,12-13,18H,2-4,7H2,1H3/t12-,13+,18?. The highest BCUT2D eigenvalue weighted by Crippen LogP contribution is 2.46. The largest absolute Gasteiger partial charge is 0.438 e. The van der Waals surface area contributed by atoms with Gasteiger partial charge in [0.25, 0.3) is 0 Å². The molecule has 0 spiro atoms. The summed E-state index contributed by atoms with van der Waals surface area (Å²) in [7, 11) is 0. The Morgan fingerprint density at radius 1 is 0.970 bits per heavy atom. The first kappa shape index (κ1) is 23.3. The van der Waals surface area contributed by atoms with Crippen molar-refractivity contribution in [2.24, 2.45) is 11.8 Å². The number of alkyl halides is 6. The normalized spacial score (nSPS) is 23.2. The fourth-order valence-electron chi connectivity index (χ4n) is 4.65. The van der Waals surface area contributed by atoms with Gasteiger partial charge in [-0.05, 0) is 55.0 Å². The van der Waals surface area contributed by atoms with Crippen LogP contribution in [0.3, 0.4) is 0 Å². The van der Waals surface area contributed by atoms with Gasteiger partial charge < -0.3 is 4.74 Å². The monoisotopic (exact) mass is 471 g/mol. The van der Waals surface area contributed by atoms with Crippen LogP contribution in [0.25, 0.3) is 0 Å². The number of fused-ring (bicyclic) bond motifs is 2. The van der Waals surface area contributed by atoms with Gasteiger partial charge in [0.05, 0.1) is 5.56 Å². The van der Waals surface area contributed by atoms with Crippen molar-refractivity contribution in [3.05, 3.63) is 52.7 Å². The number of carbonyl (C=O) groups excluding carboxylic acids is 2. The molecule has 4 nitrogen and oxygen atoms in total. The summed E-state index contributed by atoms with van der Waals surface area (Å²) in [6, 6.07) is 4.15. The number of benzene rings is 1. The van der Waals surface area contributed by atoms with Crippen molar-refractivity contribution >= 4 is 11.6 Å². The second kappa shape index (κ2) is 8.14. The van der Waals surface area contributed by atoms with Gasteiger partial charge in [-0.1, -0.05) is 13.0 Å². The van der Waals surface area contributed by atoms with Crippen molar-refractivity contribution in [1.29, 1.82) is 0 Å². The van der Waals surface area contributed by atoms with Gasteiger partial charge in [0.2, 0.25) is 5.88 Å². The maximum atomic E-state index is 13.4. The molecule has 2 aromatic rings. The third-order valence-corrected chi connectivity index (χ3v) is 6.31. The number of nitrogens with zero attached hydrogens (tertiary/aromatic N) is 1. The molecule has 0 saturated heterocycles. The van der Waals surface area contributed by atoms with Crippen LogP contribution in [0.1, 0.15) is 54.4 Å². The minimum absolute atomic E-state index is 0.0600. The number of ether oxygens (including phenoxy) is 1. The van der Waals surface area contributed by atoms with Gasteiger partial charge in [-0.2, -0.15) is 26.3 Å². The summed E-state index contributed by atoms with van der Waals surface area (Å²) in [6.45, 7) is 1.81. The summed E-state index contributed by atoms with van der Waals surface area (Å²) < 4.78 is 84.2. The Morgan fingerprint density at radius 3 is 2.15 bits per heavy atom. The van der Waals surface area contributed by atoms with Crippen LogP contribution in [0.5, 0.6) is 11.6 Å². The summed E-state index contributed by atoms with van der Waals surface area (Å²) in [6.07, 6.45) is -7.64. The molecule has 10 heteroatoms. The number of hydrogen-bond acceptors (Lipinski definition) is 4. The first-order valence-corrected chi connectivity index (χ1v) is 10.4. The SMILES string of the molecule is CCc1ccc(Oc2ncc(C(F)(F)F)cc2C(F)(F)F)cc1C1C(=O)[C@@H]2CC[C@@H](C2)C1=O. The summed E-state index contributed by atoms with van der Waals surface area (Å²) in [5.74, 6) is -3.07. The fourth-order valence-corrected chi connectivity index (χ4v) is 4.65. The van der Waals surface area contributed by atoms with Crippen LogP contribution in [0.4, 0.5) is 26.3 Å². The highest BCUT2D eigenvalue weighted by atomic mass is 19.4. The zero-order chi connectivity index (χ0) is 24.1. The Bertz CT molecular complexity index is 1090. The number of halogens is 6. The van der Waals surface area contributed by atoms with Crippen LogP contribution in [-0.2, 0) is 28.4 Å². The molecule has 0 aliphatic heterocycles. The molecule has 0 N–H and O–H groups in total. The van der Waals surface area contributed by atoms with Gasteiger partial charge in [0.15, 0.2) is 11.6 Å². The molecule has 0 amide bonds. The molecule has 2 bridgehead atoms. The van der Waals surface area contributed by atoms with Crippen LogP contribution >= 0.6 is 0 Å². The van der Waals surface area contributed by atoms with Gasteiger partial charge >= 0.3 is 12.4 Å². The molecule has 4 rings (SSSR count). The summed E-state index contributed by atoms with van der Waals surface area (Å²) in [4.78, 5) is 29.1. The van der Waals surface area contributed by atoms with Crippen LogP contribution in [-0.4, -0.2) is 16.6 Å². The summed E-state index contributed by atoms with van der Waals surface area (Å²) >= 11 is 0. The van der Waals surface area contributed by atoms with Crippen molar-refractivity contribution < 1.29 is 40.7 Å². The molecule has 3 atom stereocenters. The molecule has 1 unspecified atom stereocenters. The van der Waals surface area contributed by atoms with Crippen LogP contribution in [0, 0.1) is 11.8 Å². The van der Waals surface area contributed by atoms with Gasteiger partial charge in [-0.15, -0.1) is 0 Å². The van der Waals surface area contributed by atoms with E-state index in [-0.39, 0.29) is 41.4 Å². The minimum atomic E-state index is -5.15. The lowest BCUT2D eigenvalue weighted by Gasteiger charge is -2.27. The molecule has 33 heavy (non-hydrogen) atoms. The maximum absolute atomic E-state index is 13.4. The second-order valence-corrected chi connectivity index (χ2v) is 8.33. The molecule has 176 valence electrons. The lowest BCUT2D eigenvalue weighted by molar-refractivity contribution is -0.144. The van der Waals surface area contributed by atoms with E-state index in [9.17, 15) is 35.9 Å². The van der Waals surface area contributed by atoms with Gasteiger partial charge in [0.1, 0.15) is 17.2 Å². The molecule has 2 saturated carbocycles. The molecule has 2 aliphatic rings. The third kappa shape index (κ3) is 4.35. The van der Waals surface area contributed by atoms with Crippen molar-refractivity contribution in [3.8, 4) is 11.6 Å². The first-order chi connectivity index (χ1) is 15.4. The third-order valence-electron chi connectivity index (χ3n) is 6.31. The molecule has 2 aliphatic carbocycles. The van der Waals surface area contributed by atoms with E-state index in [1.807, 2.05) is 6.92 Å². The highest BCUT2D eigenvalue weighted by molar-refractivity contribution is 6.12. The number of carbonyl (C=O) groups is 2. The number of aryl methyl sites for hydroxylation is 1. The molecule has 2 fully saturated rings. The molecule has 1 aromatic carbocycles. The smallest absolute Gasteiger partial charge is 0.421 e. The van der Waals surface area contributed by atoms with Gasteiger partial charge in [0, 0.05) is 18.0 Å². The topological polar surface area (TPSA) is 56.3 Å². The number of rotatable bonds is 4. The lowest BCUT2D eigenvalue weighted by atomic mass is 9.74. The van der Waals surface area contributed by atoms with Crippen molar-refractivity contribution in [1.82, 2.24) is 4.98 Å². The van der Waals surface area contributed by atoms with Gasteiger partial charge in [-0.25, -0.2) is 4.98 Å². The predicted molar refractivity (Wildman–Crippen MR) is 104 cm³/mol. The Morgan fingerprint density at radius 2 is 1.61 bits per heavy atom. The molecule has 0 radical (unpaired) electrons. The van der Waals surface area contributed by atoms with Crippen molar-refractivity contribution in [2.45, 2.75) is 50.9 Å². The summed E-state index contributed by atoms with van der Waals surface area (Å²) in [5.41, 5.74) is -2.20. The average Bonchev–Trinajstić information content (AvgIpc) is 3.19. The fraction of sp³-hybridized carbons (Fsp3) is 0.435. The van der Waals surface area contributed by atoms with Crippen molar-refractivity contribution in [2.75, 3.05) is 0 Å². The van der Waals surface area contributed by atoms with E-state index >= 15 is 0 Å². The number of aromatic nitrogens is 1. The van der Waals surface area contributed by atoms with E-state index in [1.165, 1.54) is 12.1 Å². The van der Waals surface area contributed by atoms with Crippen LogP contribution < -0.4 is 4.74 Å². The van der Waals surface area contributed by atoms with Crippen LogP contribution in [0.15, 0.2) is 30.5 Å². The number of pyridine rings is 1. The molecule has 1 aromatic heterocycles. The summed E-state index contributed by atoms with van der Waals surface area (Å²) in [5, 5.41) is 0. The lowest BCUT2D eigenvalue weighted by Crippen LogP contribution is -2.35. The van der Waals surface area contributed by atoms with E-state index in [0.717, 1.165) is 0 Å². The number of Topliss-reactive ketones (excluding diaryl/α,β-unsaturated/α-hetero) is 2. The highest BCUT2D eigenvalue weighted by Gasteiger charge is 2.48. The maximum Gasteiger partial charge on any atom is 0.421 e. The molecule has 1 heterocycles. The predicted octanol–water partition coefficient (Wildman–Crippen LogP) is 6.13. The molecular formula is C23H19F6NO3. The number of ketones is 2. The Kier molecular flexibility index (Phi) is 5.74. The quantitative estimate of drug-likeness (QED) is 0.398. The van der Waals surface area contributed by atoms with Gasteiger partial charge in [-0.3, -0.25) is 9.59 Å². The number of hydrogen-bond donors (Lipinski definition) is 0. The van der Waals surface area contributed by atoms with E-state index in [4.69, 9.17) is 4.74 Å². The van der Waals surface area contributed by atoms with Crippen LogP contribution in [0.2, 0.25) is 0 Å². The second-order valence-electron chi connectivity index (χ2n) is 8.33. The Hall–Kier alpha value is -2.91. The van der Waals surface area contributed by atoms with E-state index < -0.39 is 35.3 Å². The zero-order valence-corrected chi connectivity index (χ0v) is 17.4. The minimum Gasteiger partial charge on any atom is -0.438 e. The molecular weight excluding hydrogens is 452 g/mol. The zero-order valence-electron chi connectivity index (χ0n) is 17.4. The van der Waals surface area contributed by atoms with E-state index in [0.29, 0.717) is 36.8 Å². The van der Waals surface area contributed by atoms with Crippen molar-refractivity contribution in [3.63, 3.8) is 0 Å². The average molecular weight is 471 g/mol. The van der Waals surface area contributed by atoms with E-state index in [2.05, 4.69) is 4.98 Å². The first-order valence-electron chi connectivity index (χ1n) is 10.4. The Balaban J connectivity index is 1.74. The Labute approximate surface area is 185 Å².